The molecule has 18 heavy (non-hydrogen) atoms. The fraction of sp³-hybridized carbons (Fsp3) is 0.545. The van der Waals surface area contributed by atoms with E-state index in [0.29, 0.717) is 11.2 Å². The Balaban J connectivity index is 2.29. The smallest absolute Gasteiger partial charge is 0.332 e. The van der Waals surface area contributed by atoms with Crippen LogP contribution in [0.4, 0.5) is 0 Å². The molecule has 0 bridgehead atoms. The molecule has 3 heterocycles. The minimum atomic E-state index is -0.357. The van der Waals surface area contributed by atoms with Crippen LogP contribution in [0.3, 0.4) is 0 Å². The van der Waals surface area contributed by atoms with E-state index in [4.69, 9.17) is 0 Å². The number of H-pyrrole nitrogens is 1. The summed E-state index contributed by atoms with van der Waals surface area (Å²) >= 11 is 0. The maximum Gasteiger partial charge on any atom is 0.332 e. The first-order chi connectivity index (χ1) is 8.59. The second-order valence-corrected chi connectivity index (χ2v) is 4.68. The third-order valence-electron chi connectivity index (χ3n) is 3.50. The lowest BCUT2D eigenvalue weighted by molar-refractivity contribution is 0.613. The summed E-state index contributed by atoms with van der Waals surface area (Å²) < 4.78 is 2.48. The average Bonchev–Trinajstić information content (AvgIpc) is 3.01. The second-order valence-electron chi connectivity index (χ2n) is 4.68. The highest BCUT2D eigenvalue weighted by atomic mass is 16.2. The van der Waals surface area contributed by atoms with Gasteiger partial charge in [-0.3, -0.25) is 13.9 Å². The molecule has 0 spiro atoms. The van der Waals surface area contributed by atoms with Gasteiger partial charge in [0, 0.05) is 14.1 Å². The average molecular weight is 249 g/mol. The number of nitrogens with one attached hydrogen (secondary N) is 2. The minimum Gasteiger partial charge on any atom is -0.335 e. The number of rotatable bonds is 1. The van der Waals surface area contributed by atoms with E-state index in [1.165, 1.54) is 11.6 Å². The molecule has 0 radical (unpaired) electrons. The maximum atomic E-state index is 12.0. The van der Waals surface area contributed by atoms with Gasteiger partial charge in [-0.1, -0.05) is 0 Å². The predicted octanol–water partition coefficient (Wildman–Crippen LogP) is -0.615. The van der Waals surface area contributed by atoms with Gasteiger partial charge in [-0.25, -0.2) is 9.78 Å². The molecule has 0 amide bonds. The van der Waals surface area contributed by atoms with Gasteiger partial charge in [0.15, 0.2) is 5.65 Å². The second kappa shape index (κ2) is 3.81. The Morgan fingerprint density at radius 2 is 2.06 bits per heavy atom. The first kappa shape index (κ1) is 11.2. The number of hydrogen-bond acceptors (Lipinski definition) is 4. The number of hydrogen-bond donors (Lipinski definition) is 2. The van der Waals surface area contributed by atoms with Crippen molar-refractivity contribution in [1.82, 2.24) is 24.4 Å². The van der Waals surface area contributed by atoms with Gasteiger partial charge < -0.3 is 10.3 Å². The molecule has 0 aliphatic carbocycles. The summed E-state index contributed by atoms with van der Waals surface area (Å²) in [6.07, 6.45) is 2.09. The fourth-order valence-corrected chi connectivity index (χ4v) is 2.43. The molecule has 7 heteroatoms. The van der Waals surface area contributed by atoms with E-state index >= 15 is 0 Å². The Kier molecular flexibility index (Phi) is 2.37. The minimum absolute atomic E-state index is 0.150. The van der Waals surface area contributed by atoms with Gasteiger partial charge in [0.25, 0.3) is 5.56 Å². The van der Waals surface area contributed by atoms with Crippen LogP contribution >= 0.6 is 0 Å². The van der Waals surface area contributed by atoms with Crippen LogP contribution in [0.5, 0.6) is 0 Å². The van der Waals surface area contributed by atoms with Crippen LogP contribution in [0.15, 0.2) is 9.59 Å². The van der Waals surface area contributed by atoms with Crippen LogP contribution in [-0.4, -0.2) is 25.6 Å². The maximum absolute atomic E-state index is 12.0. The quantitative estimate of drug-likeness (QED) is 0.705. The number of aromatic nitrogens is 4. The Morgan fingerprint density at radius 3 is 2.72 bits per heavy atom. The topological polar surface area (TPSA) is 84.7 Å². The zero-order chi connectivity index (χ0) is 12.9. The van der Waals surface area contributed by atoms with Crippen molar-refractivity contribution < 1.29 is 0 Å². The zero-order valence-electron chi connectivity index (χ0n) is 10.4. The molecule has 2 N–H and O–H groups in total. The highest BCUT2D eigenvalue weighted by Crippen LogP contribution is 2.21. The van der Waals surface area contributed by atoms with Crippen LogP contribution in [0.25, 0.3) is 11.2 Å². The van der Waals surface area contributed by atoms with Crippen molar-refractivity contribution in [2.24, 2.45) is 14.1 Å². The summed E-state index contributed by atoms with van der Waals surface area (Å²) in [4.78, 5) is 31.2. The van der Waals surface area contributed by atoms with Crippen molar-refractivity contribution in [2.75, 3.05) is 6.54 Å². The fourth-order valence-electron chi connectivity index (χ4n) is 2.43. The Morgan fingerprint density at radius 1 is 1.28 bits per heavy atom. The number of aromatic amines is 1. The highest BCUT2D eigenvalue weighted by Gasteiger charge is 2.21. The first-order valence-corrected chi connectivity index (χ1v) is 5.98. The molecular formula is C11H15N5O2. The van der Waals surface area contributed by atoms with E-state index in [-0.39, 0.29) is 17.3 Å². The van der Waals surface area contributed by atoms with Crippen LogP contribution in [0.1, 0.15) is 24.7 Å². The molecule has 0 saturated carbocycles. The van der Waals surface area contributed by atoms with E-state index in [1.54, 1.807) is 7.05 Å². The molecule has 1 saturated heterocycles. The van der Waals surface area contributed by atoms with E-state index in [1.807, 2.05) is 0 Å². The van der Waals surface area contributed by atoms with Crippen molar-refractivity contribution in [2.45, 2.75) is 18.9 Å². The lowest BCUT2D eigenvalue weighted by atomic mass is 10.2. The van der Waals surface area contributed by atoms with Gasteiger partial charge in [0.05, 0.1) is 6.04 Å². The number of aryl methyl sites for hydroxylation is 1. The SMILES string of the molecule is Cn1c(=O)c2[nH]c(C3CCCN3)nc2n(C)c1=O. The van der Waals surface area contributed by atoms with Gasteiger partial charge >= 0.3 is 5.69 Å². The molecule has 1 aliphatic heterocycles. The molecule has 1 unspecified atom stereocenters. The molecular weight excluding hydrogens is 234 g/mol. The Hall–Kier alpha value is -1.89. The zero-order valence-corrected chi connectivity index (χ0v) is 10.4. The van der Waals surface area contributed by atoms with Crippen molar-refractivity contribution in [3.05, 3.63) is 26.7 Å². The van der Waals surface area contributed by atoms with Gasteiger partial charge in [-0.15, -0.1) is 0 Å². The number of fused-ring (bicyclic) bond motifs is 1. The highest BCUT2D eigenvalue weighted by molar-refractivity contribution is 5.69. The van der Waals surface area contributed by atoms with Crippen LogP contribution in [-0.2, 0) is 14.1 Å². The van der Waals surface area contributed by atoms with Crippen molar-refractivity contribution in [3.8, 4) is 0 Å². The number of imidazole rings is 1. The van der Waals surface area contributed by atoms with Crippen molar-refractivity contribution >= 4 is 11.2 Å². The molecule has 7 nitrogen and oxygen atoms in total. The largest absolute Gasteiger partial charge is 0.335 e. The molecule has 1 atom stereocenters. The van der Waals surface area contributed by atoms with Crippen molar-refractivity contribution in [1.29, 1.82) is 0 Å². The number of nitrogens with zero attached hydrogens (tertiary/aromatic N) is 3. The predicted molar refractivity (Wildman–Crippen MR) is 66.6 cm³/mol. The van der Waals surface area contributed by atoms with Gasteiger partial charge in [-0.05, 0) is 19.4 Å². The summed E-state index contributed by atoms with van der Waals surface area (Å²) in [6, 6.07) is 0.150. The van der Waals surface area contributed by atoms with Crippen LogP contribution < -0.4 is 16.6 Å². The molecule has 96 valence electrons. The molecule has 1 aliphatic rings. The van der Waals surface area contributed by atoms with E-state index < -0.39 is 0 Å². The molecule has 0 aromatic carbocycles. The summed E-state index contributed by atoms with van der Waals surface area (Å²) in [6.45, 7) is 0.957. The molecule has 1 fully saturated rings. The Labute approximate surface area is 102 Å². The normalized spacial score (nSPS) is 19.8. The molecule has 2 aromatic heterocycles. The summed E-state index contributed by atoms with van der Waals surface area (Å²) in [7, 11) is 3.09. The lowest BCUT2D eigenvalue weighted by Gasteiger charge is -2.04. The van der Waals surface area contributed by atoms with Crippen LogP contribution in [0.2, 0.25) is 0 Å². The van der Waals surface area contributed by atoms with Gasteiger partial charge in [-0.2, -0.15) is 0 Å². The van der Waals surface area contributed by atoms with E-state index in [9.17, 15) is 9.59 Å². The van der Waals surface area contributed by atoms with E-state index in [0.717, 1.165) is 29.8 Å². The van der Waals surface area contributed by atoms with Gasteiger partial charge in [0.1, 0.15) is 11.3 Å². The monoisotopic (exact) mass is 249 g/mol. The summed E-state index contributed by atoms with van der Waals surface area (Å²) in [5.74, 6) is 0.737. The van der Waals surface area contributed by atoms with E-state index in [2.05, 4.69) is 15.3 Å². The third kappa shape index (κ3) is 1.43. The summed E-state index contributed by atoms with van der Waals surface area (Å²) in [5.41, 5.74) is 0.130. The molecule has 2 aromatic rings. The van der Waals surface area contributed by atoms with Gasteiger partial charge in [0.2, 0.25) is 0 Å². The van der Waals surface area contributed by atoms with Crippen molar-refractivity contribution in [3.63, 3.8) is 0 Å². The summed E-state index contributed by atoms with van der Waals surface area (Å²) in [5, 5.41) is 3.31. The third-order valence-corrected chi connectivity index (χ3v) is 3.50. The Bertz CT molecular complexity index is 717. The first-order valence-electron chi connectivity index (χ1n) is 5.98. The van der Waals surface area contributed by atoms with Crippen LogP contribution in [0, 0.1) is 0 Å². The lowest BCUT2D eigenvalue weighted by Crippen LogP contribution is -2.36. The standard InChI is InChI=1S/C11H15N5O2/c1-15-9-7(10(17)16(2)11(15)18)13-8(14-9)6-4-3-5-12-6/h6,12H,3-5H2,1-2H3,(H,13,14). The molecule has 3 rings (SSSR count).